The van der Waals surface area contributed by atoms with Crippen molar-refractivity contribution in [3.63, 3.8) is 0 Å². The minimum absolute atomic E-state index is 0.0216. The lowest BCUT2D eigenvalue weighted by atomic mass is 10.1. The minimum atomic E-state index is -0.661. The number of halogens is 1. The molecule has 0 radical (unpaired) electrons. The highest BCUT2D eigenvalue weighted by molar-refractivity contribution is 6.31. The Morgan fingerprint density at radius 1 is 1.21 bits per heavy atom. The van der Waals surface area contributed by atoms with Gasteiger partial charge in [-0.1, -0.05) is 36.2 Å². The zero-order valence-electron chi connectivity index (χ0n) is 14.3. The van der Waals surface area contributed by atoms with E-state index in [4.69, 9.17) is 16.3 Å². The second-order valence-electron chi connectivity index (χ2n) is 5.89. The van der Waals surface area contributed by atoms with Crippen LogP contribution in [0.3, 0.4) is 0 Å². The van der Waals surface area contributed by atoms with Crippen LogP contribution in [0, 0.1) is 20.8 Å². The van der Waals surface area contributed by atoms with Crippen LogP contribution in [0.2, 0.25) is 5.02 Å². The van der Waals surface area contributed by atoms with Gasteiger partial charge in [0.15, 0.2) is 6.10 Å². The van der Waals surface area contributed by atoms with Crippen LogP contribution < -0.4 is 10.1 Å². The molecule has 1 unspecified atom stereocenters. The molecule has 0 aliphatic carbocycles. The normalized spacial score (nSPS) is 11.9. The molecule has 2 aromatic carbocycles. The van der Waals surface area contributed by atoms with Crippen molar-refractivity contribution in [2.24, 2.45) is 0 Å². The van der Waals surface area contributed by atoms with Gasteiger partial charge in [-0.25, -0.2) is 0 Å². The van der Waals surface area contributed by atoms with E-state index in [2.05, 4.69) is 5.32 Å². The van der Waals surface area contributed by atoms with Gasteiger partial charge in [-0.3, -0.25) is 4.79 Å². The van der Waals surface area contributed by atoms with Gasteiger partial charge in [-0.2, -0.15) is 0 Å². The lowest BCUT2D eigenvalue weighted by molar-refractivity contribution is -0.122. The summed E-state index contributed by atoms with van der Waals surface area (Å²) in [5, 5.41) is 13.1. The molecule has 4 nitrogen and oxygen atoms in total. The van der Waals surface area contributed by atoms with Gasteiger partial charge in [0.25, 0.3) is 5.91 Å². The minimum Gasteiger partial charge on any atom is -0.506 e. The van der Waals surface area contributed by atoms with Crippen molar-refractivity contribution in [2.75, 3.05) is 5.32 Å². The van der Waals surface area contributed by atoms with Gasteiger partial charge in [0.2, 0.25) is 0 Å². The molecule has 0 aromatic heterocycles. The second kappa shape index (κ2) is 7.58. The SMILES string of the molecule is CCC(Oc1ccc(C)cc1C)C(=O)Nc1cc(Cl)c(C)cc1O. The number of carbonyl (C=O) groups excluding carboxylic acids is 1. The number of benzene rings is 2. The molecule has 0 bridgehead atoms. The third-order valence-corrected chi connectivity index (χ3v) is 4.20. The Balaban J connectivity index is 2.16. The molecule has 0 saturated carbocycles. The first-order chi connectivity index (χ1) is 11.3. The number of nitrogens with one attached hydrogen (secondary N) is 1. The van der Waals surface area contributed by atoms with Crippen LogP contribution in [0.25, 0.3) is 0 Å². The van der Waals surface area contributed by atoms with E-state index in [9.17, 15) is 9.90 Å². The molecule has 0 heterocycles. The molecular weight excluding hydrogens is 326 g/mol. The van der Waals surface area contributed by atoms with Gasteiger partial charge >= 0.3 is 0 Å². The fourth-order valence-corrected chi connectivity index (χ4v) is 2.55. The van der Waals surface area contributed by atoms with E-state index in [0.717, 1.165) is 16.7 Å². The largest absolute Gasteiger partial charge is 0.506 e. The molecule has 0 saturated heterocycles. The number of hydrogen-bond acceptors (Lipinski definition) is 3. The molecule has 1 atom stereocenters. The van der Waals surface area contributed by atoms with Gasteiger partial charge < -0.3 is 15.2 Å². The van der Waals surface area contributed by atoms with Gasteiger partial charge in [0.05, 0.1) is 5.69 Å². The molecule has 0 spiro atoms. The predicted molar refractivity (Wildman–Crippen MR) is 97.1 cm³/mol. The van der Waals surface area contributed by atoms with Crippen molar-refractivity contribution in [2.45, 2.75) is 40.2 Å². The molecule has 1 amide bonds. The van der Waals surface area contributed by atoms with E-state index in [0.29, 0.717) is 17.2 Å². The number of rotatable bonds is 5. The van der Waals surface area contributed by atoms with Crippen LogP contribution >= 0.6 is 11.6 Å². The molecule has 24 heavy (non-hydrogen) atoms. The smallest absolute Gasteiger partial charge is 0.265 e. The Hall–Kier alpha value is -2.20. The van der Waals surface area contributed by atoms with Crippen LogP contribution in [-0.4, -0.2) is 17.1 Å². The number of aryl methyl sites for hydroxylation is 3. The number of hydrogen-bond donors (Lipinski definition) is 2. The van der Waals surface area contributed by atoms with E-state index in [-0.39, 0.29) is 17.3 Å². The van der Waals surface area contributed by atoms with E-state index < -0.39 is 6.10 Å². The Morgan fingerprint density at radius 3 is 2.54 bits per heavy atom. The number of phenols is 1. The van der Waals surface area contributed by atoms with Gasteiger partial charge in [0.1, 0.15) is 11.5 Å². The molecule has 5 heteroatoms. The van der Waals surface area contributed by atoms with E-state index in [1.165, 1.54) is 12.1 Å². The number of phenolic OH excluding ortho intramolecular Hbond substituents is 1. The molecule has 0 aliphatic rings. The van der Waals surface area contributed by atoms with Crippen LogP contribution in [0.1, 0.15) is 30.0 Å². The number of carbonyl (C=O) groups is 1. The standard InChI is InChI=1S/C19H22ClNO3/c1-5-17(24-18-7-6-11(2)8-13(18)4)19(23)21-15-10-14(20)12(3)9-16(15)22/h6-10,17,22H,5H2,1-4H3,(H,21,23). The molecule has 0 aliphatic heterocycles. The maximum atomic E-state index is 12.5. The first-order valence-corrected chi connectivity index (χ1v) is 8.23. The molecular formula is C19H22ClNO3. The van der Waals surface area contributed by atoms with E-state index >= 15 is 0 Å². The summed E-state index contributed by atoms with van der Waals surface area (Å²) in [6, 6.07) is 8.86. The number of aromatic hydroxyl groups is 1. The van der Waals surface area contributed by atoms with Crippen LogP contribution in [0.4, 0.5) is 5.69 Å². The van der Waals surface area contributed by atoms with Crippen molar-refractivity contribution >= 4 is 23.2 Å². The van der Waals surface area contributed by atoms with Crippen LogP contribution in [-0.2, 0) is 4.79 Å². The summed E-state index contributed by atoms with van der Waals surface area (Å²) in [7, 11) is 0. The van der Waals surface area contributed by atoms with Crippen LogP contribution in [0.15, 0.2) is 30.3 Å². The van der Waals surface area contributed by atoms with Gasteiger partial charge in [-0.15, -0.1) is 0 Å². The summed E-state index contributed by atoms with van der Waals surface area (Å²) >= 11 is 6.05. The third-order valence-electron chi connectivity index (χ3n) is 3.80. The zero-order valence-corrected chi connectivity index (χ0v) is 15.1. The lowest BCUT2D eigenvalue weighted by Crippen LogP contribution is -2.32. The molecule has 2 N–H and O–H groups in total. The van der Waals surface area contributed by atoms with E-state index in [1.54, 1.807) is 6.92 Å². The maximum Gasteiger partial charge on any atom is 0.265 e. The molecule has 2 aromatic rings. The fraction of sp³-hybridized carbons (Fsp3) is 0.316. The fourth-order valence-electron chi connectivity index (χ4n) is 2.39. The van der Waals surface area contributed by atoms with Gasteiger partial charge in [-0.05, 0) is 56.5 Å². The summed E-state index contributed by atoms with van der Waals surface area (Å²) in [5.74, 6) is 0.327. The Labute approximate surface area is 147 Å². The average Bonchev–Trinajstić information content (AvgIpc) is 2.51. The average molecular weight is 348 g/mol. The summed E-state index contributed by atoms with van der Waals surface area (Å²) < 4.78 is 5.85. The number of anilines is 1. The van der Waals surface area contributed by atoms with Crippen LogP contribution in [0.5, 0.6) is 11.5 Å². The third kappa shape index (κ3) is 4.20. The highest BCUT2D eigenvalue weighted by Gasteiger charge is 2.21. The number of ether oxygens (including phenoxy) is 1. The monoisotopic (exact) mass is 347 g/mol. The first kappa shape index (κ1) is 18.1. The summed E-state index contributed by atoms with van der Waals surface area (Å²) in [4.78, 5) is 12.5. The molecule has 0 fully saturated rings. The van der Waals surface area contributed by atoms with Crippen molar-refractivity contribution in [1.29, 1.82) is 0 Å². The predicted octanol–water partition coefficient (Wildman–Crippen LogP) is 4.77. The highest BCUT2D eigenvalue weighted by Crippen LogP contribution is 2.30. The topological polar surface area (TPSA) is 58.6 Å². The molecule has 2 rings (SSSR count). The maximum absolute atomic E-state index is 12.5. The summed E-state index contributed by atoms with van der Waals surface area (Å²) in [6.45, 7) is 7.60. The zero-order chi connectivity index (χ0) is 17.9. The van der Waals surface area contributed by atoms with Gasteiger partial charge in [0, 0.05) is 5.02 Å². The van der Waals surface area contributed by atoms with Crippen molar-refractivity contribution in [3.05, 3.63) is 52.0 Å². The highest BCUT2D eigenvalue weighted by atomic mass is 35.5. The number of amides is 1. The van der Waals surface area contributed by atoms with Crippen molar-refractivity contribution in [1.82, 2.24) is 0 Å². The van der Waals surface area contributed by atoms with Crippen molar-refractivity contribution in [3.8, 4) is 11.5 Å². The Bertz CT molecular complexity index is 759. The second-order valence-corrected chi connectivity index (χ2v) is 6.30. The Kier molecular flexibility index (Phi) is 5.73. The Morgan fingerprint density at radius 2 is 1.92 bits per heavy atom. The first-order valence-electron chi connectivity index (χ1n) is 7.85. The van der Waals surface area contributed by atoms with Crippen molar-refractivity contribution < 1.29 is 14.6 Å². The lowest BCUT2D eigenvalue weighted by Gasteiger charge is -2.19. The van der Waals surface area contributed by atoms with E-state index in [1.807, 2.05) is 39.0 Å². The molecule has 128 valence electrons. The summed E-state index contributed by atoms with van der Waals surface area (Å²) in [5.41, 5.74) is 3.13. The summed E-state index contributed by atoms with van der Waals surface area (Å²) in [6.07, 6.45) is -0.162. The quantitative estimate of drug-likeness (QED) is 0.766.